The molecule has 0 saturated carbocycles. The average Bonchev–Trinajstić information content (AvgIpc) is 2.87. The number of Topliss-reactive ketones (excluding diaryl/α,β-unsaturated/α-hetero) is 1. The molecular weight excluding hydrogens is 458 g/mol. The van der Waals surface area contributed by atoms with E-state index in [9.17, 15) is 19.2 Å². The van der Waals surface area contributed by atoms with Crippen LogP contribution in [-0.4, -0.2) is 37.2 Å². The van der Waals surface area contributed by atoms with E-state index in [1.165, 1.54) is 19.2 Å². The second-order valence-electron chi connectivity index (χ2n) is 7.25. The minimum Gasteiger partial charge on any atom is -0.497 e. The highest BCUT2D eigenvalue weighted by molar-refractivity contribution is 6.31. The topological polar surface area (TPSA) is 98.8 Å². The van der Waals surface area contributed by atoms with E-state index in [4.69, 9.17) is 21.1 Å². The number of carbonyl (C=O) groups is 4. The number of amides is 1. The van der Waals surface area contributed by atoms with E-state index >= 15 is 0 Å². The van der Waals surface area contributed by atoms with Gasteiger partial charge in [0.1, 0.15) is 5.75 Å². The van der Waals surface area contributed by atoms with Crippen LogP contribution in [0.25, 0.3) is 0 Å². The Morgan fingerprint density at radius 1 is 0.853 bits per heavy atom. The van der Waals surface area contributed by atoms with Crippen LogP contribution in [0.1, 0.15) is 39.1 Å². The number of hydrogen-bond donors (Lipinski definition) is 1. The molecule has 0 fully saturated rings. The normalized spacial score (nSPS) is 10.3. The quantitative estimate of drug-likeness (QED) is 0.333. The van der Waals surface area contributed by atoms with Crippen molar-refractivity contribution >= 4 is 40.7 Å². The predicted octanol–water partition coefficient (Wildman–Crippen LogP) is 4.72. The van der Waals surface area contributed by atoms with Crippen LogP contribution in [0.15, 0.2) is 72.8 Å². The number of anilines is 1. The van der Waals surface area contributed by atoms with Crippen LogP contribution in [0.5, 0.6) is 5.75 Å². The number of rotatable bonds is 10. The number of benzene rings is 3. The molecule has 1 N–H and O–H groups in total. The van der Waals surface area contributed by atoms with Gasteiger partial charge in [0.25, 0.3) is 0 Å². The van der Waals surface area contributed by atoms with Gasteiger partial charge in [-0.3, -0.25) is 19.2 Å². The molecule has 0 aliphatic rings. The zero-order valence-corrected chi connectivity index (χ0v) is 19.1. The summed E-state index contributed by atoms with van der Waals surface area (Å²) < 4.78 is 10.0. The first-order chi connectivity index (χ1) is 16.4. The Morgan fingerprint density at radius 3 is 2.24 bits per heavy atom. The molecule has 34 heavy (non-hydrogen) atoms. The van der Waals surface area contributed by atoms with Gasteiger partial charge in [0.2, 0.25) is 5.91 Å². The van der Waals surface area contributed by atoms with Crippen LogP contribution in [0.2, 0.25) is 5.02 Å². The van der Waals surface area contributed by atoms with E-state index in [2.05, 4.69) is 5.32 Å². The summed E-state index contributed by atoms with van der Waals surface area (Å²) in [6, 6.07) is 19.6. The molecule has 8 heteroatoms. The predicted molar refractivity (Wildman–Crippen MR) is 127 cm³/mol. The van der Waals surface area contributed by atoms with E-state index in [0.717, 1.165) is 0 Å². The smallest absolute Gasteiger partial charge is 0.306 e. The van der Waals surface area contributed by atoms with Crippen molar-refractivity contribution in [2.45, 2.75) is 12.8 Å². The molecular formula is C26H22ClNO6. The molecule has 7 nitrogen and oxygen atoms in total. The molecule has 1 amide bonds. The van der Waals surface area contributed by atoms with Gasteiger partial charge in [-0.1, -0.05) is 41.9 Å². The van der Waals surface area contributed by atoms with Crippen LogP contribution in [-0.2, 0) is 14.3 Å². The summed E-state index contributed by atoms with van der Waals surface area (Å²) >= 11 is 6.05. The van der Waals surface area contributed by atoms with Gasteiger partial charge >= 0.3 is 5.97 Å². The van der Waals surface area contributed by atoms with E-state index in [1.807, 2.05) is 0 Å². The number of nitrogens with one attached hydrogen (secondary N) is 1. The molecule has 0 aliphatic heterocycles. The van der Waals surface area contributed by atoms with Gasteiger partial charge in [-0.2, -0.15) is 0 Å². The number of hydrogen-bond acceptors (Lipinski definition) is 6. The van der Waals surface area contributed by atoms with Crippen LogP contribution >= 0.6 is 11.6 Å². The van der Waals surface area contributed by atoms with Crippen LogP contribution in [0.4, 0.5) is 5.69 Å². The third-order valence-corrected chi connectivity index (χ3v) is 5.10. The molecule has 0 aromatic heterocycles. The van der Waals surface area contributed by atoms with Crippen molar-refractivity contribution in [2.75, 3.05) is 19.0 Å². The van der Waals surface area contributed by atoms with Crippen LogP contribution in [0, 0.1) is 0 Å². The summed E-state index contributed by atoms with van der Waals surface area (Å²) in [6.45, 7) is -0.431. The van der Waals surface area contributed by atoms with Gasteiger partial charge < -0.3 is 14.8 Å². The van der Waals surface area contributed by atoms with E-state index in [0.29, 0.717) is 21.9 Å². The Kier molecular flexibility index (Phi) is 8.54. The zero-order chi connectivity index (χ0) is 24.5. The number of methoxy groups -OCH3 is 1. The number of ether oxygens (including phenoxy) is 2. The molecule has 3 aromatic carbocycles. The Labute approximate surface area is 201 Å². The van der Waals surface area contributed by atoms with Crippen LogP contribution < -0.4 is 10.1 Å². The molecule has 0 unspecified atom stereocenters. The molecule has 0 spiro atoms. The number of esters is 1. The summed E-state index contributed by atoms with van der Waals surface area (Å²) in [4.78, 5) is 49.4. The van der Waals surface area contributed by atoms with Crippen molar-refractivity contribution in [1.82, 2.24) is 0 Å². The fourth-order valence-electron chi connectivity index (χ4n) is 3.07. The second-order valence-corrected chi connectivity index (χ2v) is 7.68. The number of halogens is 1. The van der Waals surface area contributed by atoms with Crippen molar-refractivity contribution in [3.63, 3.8) is 0 Å². The van der Waals surface area contributed by atoms with Gasteiger partial charge in [0.05, 0.1) is 19.2 Å². The first-order valence-corrected chi connectivity index (χ1v) is 10.8. The lowest BCUT2D eigenvalue weighted by Crippen LogP contribution is -2.18. The van der Waals surface area contributed by atoms with E-state index in [1.54, 1.807) is 60.7 Å². The Hall–Kier alpha value is -3.97. The van der Waals surface area contributed by atoms with Crippen molar-refractivity contribution in [2.24, 2.45) is 0 Å². The van der Waals surface area contributed by atoms with Gasteiger partial charge in [-0.15, -0.1) is 0 Å². The maximum Gasteiger partial charge on any atom is 0.306 e. The highest BCUT2D eigenvalue weighted by Gasteiger charge is 2.17. The summed E-state index contributed by atoms with van der Waals surface area (Å²) in [5.41, 5.74) is 1.35. The summed E-state index contributed by atoms with van der Waals surface area (Å²) in [5.74, 6) is -1.23. The lowest BCUT2D eigenvalue weighted by Gasteiger charge is -2.11. The number of ketones is 2. The lowest BCUT2D eigenvalue weighted by atomic mass is 10.0. The Balaban J connectivity index is 1.53. The van der Waals surface area contributed by atoms with E-state index in [-0.39, 0.29) is 35.7 Å². The minimum atomic E-state index is -0.686. The summed E-state index contributed by atoms with van der Waals surface area (Å²) in [7, 11) is 1.52. The highest BCUT2D eigenvalue weighted by atomic mass is 35.5. The molecule has 0 atom stereocenters. The third kappa shape index (κ3) is 6.76. The van der Waals surface area contributed by atoms with Gasteiger partial charge in [-0.25, -0.2) is 0 Å². The minimum absolute atomic E-state index is 0.183. The molecule has 0 radical (unpaired) electrons. The van der Waals surface area contributed by atoms with Gasteiger partial charge in [-0.05, 0) is 42.5 Å². The first-order valence-electron chi connectivity index (χ1n) is 10.4. The number of carbonyl (C=O) groups excluding carboxylic acids is 4. The maximum absolute atomic E-state index is 12.8. The van der Waals surface area contributed by atoms with Gasteiger partial charge in [0.15, 0.2) is 18.2 Å². The fraction of sp³-hybridized carbons (Fsp3) is 0.154. The average molecular weight is 480 g/mol. The molecule has 0 saturated heterocycles. The molecule has 0 heterocycles. The monoisotopic (exact) mass is 479 g/mol. The first kappa shape index (κ1) is 24.7. The SMILES string of the molecule is COc1ccc(C(=O)COC(=O)CCC(=O)Nc2ccc(Cl)cc2C(=O)c2ccccc2)cc1. The lowest BCUT2D eigenvalue weighted by molar-refractivity contribution is -0.143. The molecule has 174 valence electrons. The molecule has 0 bridgehead atoms. The van der Waals surface area contributed by atoms with Crippen molar-refractivity contribution < 1.29 is 28.7 Å². The van der Waals surface area contributed by atoms with Gasteiger partial charge in [0, 0.05) is 28.1 Å². The largest absolute Gasteiger partial charge is 0.497 e. The zero-order valence-electron chi connectivity index (χ0n) is 18.4. The molecule has 0 aliphatic carbocycles. The second kappa shape index (κ2) is 11.8. The molecule has 3 rings (SSSR count). The van der Waals surface area contributed by atoms with Crippen molar-refractivity contribution in [1.29, 1.82) is 0 Å². The Bertz CT molecular complexity index is 1190. The molecule has 3 aromatic rings. The maximum atomic E-state index is 12.8. The van der Waals surface area contributed by atoms with Crippen molar-refractivity contribution in [3.05, 3.63) is 94.5 Å². The standard InChI is InChI=1S/C26H22ClNO6/c1-33-20-10-7-17(8-11-20)23(29)16-34-25(31)14-13-24(30)28-22-12-9-19(27)15-21(22)26(32)18-5-3-2-4-6-18/h2-12,15H,13-14,16H2,1H3,(H,28,30). The van der Waals surface area contributed by atoms with E-state index < -0.39 is 18.5 Å². The Morgan fingerprint density at radius 2 is 1.56 bits per heavy atom. The van der Waals surface area contributed by atoms with Crippen molar-refractivity contribution in [3.8, 4) is 5.75 Å². The third-order valence-electron chi connectivity index (χ3n) is 4.87. The fourth-order valence-corrected chi connectivity index (χ4v) is 3.24. The van der Waals surface area contributed by atoms with Crippen LogP contribution in [0.3, 0.4) is 0 Å². The summed E-state index contributed by atoms with van der Waals surface area (Å²) in [5, 5.41) is 2.99. The summed E-state index contributed by atoms with van der Waals surface area (Å²) in [6.07, 6.45) is -0.408. The highest BCUT2D eigenvalue weighted by Crippen LogP contribution is 2.24.